The SMILES string of the molecule is CCCS(=O)(=O)Nc1ccc(Cl)c(C(=O)O)c1C. The Labute approximate surface area is 111 Å². The molecule has 0 amide bonds. The molecule has 0 heterocycles. The molecule has 0 aromatic heterocycles. The lowest BCUT2D eigenvalue weighted by Gasteiger charge is -2.12. The third kappa shape index (κ3) is 3.36. The molecule has 18 heavy (non-hydrogen) atoms. The number of nitrogens with one attached hydrogen (secondary N) is 1. The van der Waals surface area contributed by atoms with Gasteiger partial charge in [-0.3, -0.25) is 4.72 Å². The molecule has 0 unspecified atom stereocenters. The Hall–Kier alpha value is -1.27. The van der Waals surface area contributed by atoms with Crippen LogP contribution in [0.4, 0.5) is 5.69 Å². The number of sulfonamides is 1. The molecule has 0 saturated carbocycles. The standard InChI is InChI=1S/C11H14ClNO4S/c1-3-6-18(16,17)13-9-5-4-8(12)10(7(9)2)11(14)15/h4-5,13H,3,6H2,1-2H3,(H,14,15). The molecule has 0 aliphatic heterocycles. The van der Waals surface area contributed by atoms with Gasteiger partial charge in [-0.05, 0) is 31.0 Å². The zero-order valence-electron chi connectivity index (χ0n) is 10.0. The van der Waals surface area contributed by atoms with Gasteiger partial charge in [-0.15, -0.1) is 0 Å². The van der Waals surface area contributed by atoms with Crippen molar-refractivity contribution in [3.05, 3.63) is 28.3 Å². The first-order valence-electron chi connectivity index (χ1n) is 5.31. The summed E-state index contributed by atoms with van der Waals surface area (Å²) in [5.41, 5.74) is 0.452. The Morgan fingerprint density at radius 1 is 1.44 bits per heavy atom. The Kier molecular flexibility index (Phi) is 4.59. The molecule has 0 fully saturated rings. The van der Waals surface area contributed by atoms with Crippen LogP contribution in [0.25, 0.3) is 0 Å². The number of carboxylic acid groups (broad SMARTS) is 1. The van der Waals surface area contributed by atoms with Crippen LogP contribution in [0, 0.1) is 6.92 Å². The minimum atomic E-state index is -3.45. The maximum absolute atomic E-state index is 11.6. The van der Waals surface area contributed by atoms with E-state index in [0.717, 1.165) is 0 Å². The quantitative estimate of drug-likeness (QED) is 0.873. The first kappa shape index (κ1) is 14.8. The number of rotatable bonds is 5. The maximum Gasteiger partial charge on any atom is 0.337 e. The van der Waals surface area contributed by atoms with Crippen molar-refractivity contribution >= 4 is 33.3 Å². The van der Waals surface area contributed by atoms with Crippen LogP contribution in [0.1, 0.15) is 29.3 Å². The number of anilines is 1. The van der Waals surface area contributed by atoms with Crippen LogP contribution in [-0.2, 0) is 10.0 Å². The molecule has 1 rings (SSSR count). The summed E-state index contributed by atoms with van der Waals surface area (Å²) in [6.07, 6.45) is 0.480. The van der Waals surface area contributed by atoms with E-state index in [-0.39, 0.29) is 22.0 Å². The number of carbonyl (C=O) groups is 1. The number of carboxylic acids is 1. The van der Waals surface area contributed by atoms with Crippen LogP contribution in [-0.4, -0.2) is 25.2 Å². The van der Waals surface area contributed by atoms with Gasteiger partial charge in [-0.25, -0.2) is 13.2 Å². The Morgan fingerprint density at radius 3 is 2.56 bits per heavy atom. The van der Waals surface area contributed by atoms with Gasteiger partial charge in [0.2, 0.25) is 10.0 Å². The van der Waals surface area contributed by atoms with Gasteiger partial charge in [0.1, 0.15) is 0 Å². The highest BCUT2D eigenvalue weighted by molar-refractivity contribution is 7.92. The molecule has 7 heteroatoms. The van der Waals surface area contributed by atoms with E-state index in [1.807, 2.05) is 0 Å². The number of benzene rings is 1. The second-order valence-corrected chi connectivity index (χ2v) is 6.07. The summed E-state index contributed by atoms with van der Waals surface area (Å²) in [5, 5.41) is 9.09. The van der Waals surface area contributed by atoms with Crippen LogP contribution >= 0.6 is 11.6 Å². The molecule has 0 saturated heterocycles. The van der Waals surface area contributed by atoms with E-state index in [1.165, 1.54) is 19.1 Å². The van der Waals surface area contributed by atoms with E-state index in [0.29, 0.717) is 12.0 Å². The fraction of sp³-hybridized carbons (Fsp3) is 0.364. The lowest BCUT2D eigenvalue weighted by Crippen LogP contribution is -2.17. The fourth-order valence-electron chi connectivity index (χ4n) is 1.54. The van der Waals surface area contributed by atoms with Crippen molar-refractivity contribution in [2.24, 2.45) is 0 Å². The topological polar surface area (TPSA) is 83.5 Å². The molecule has 0 aliphatic rings. The summed E-state index contributed by atoms with van der Waals surface area (Å²) >= 11 is 5.77. The summed E-state index contributed by atoms with van der Waals surface area (Å²) in [6, 6.07) is 2.82. The first-order valence-corrected chi connectivity index (χ1v) is 7.34. The van der Waals surface area contributed by atoms with Gasteiger partial charge in [0.25, 0.3) is 0 Å². The van der Waals surface area contributed by atoms with Gasteiger partial charge in [-0.2, -0.15) is 0 Å². The van der Waals surface area contributed by atoms with Crippen molar-refractivity contribution in [3.63, 3.8) is 0 Å². The highest BCUT2D eigenvalue weighted by Crippen LogP contribution is 2.27. The molecule has 0 aliphatic carbocycles. The molecule has 0 bridgehead atoms. The van der Waals surface area contributed by atoms with Crippen molar-refractivity contribution in [3.8, 4) is 0 Å². The number of hydrogen-bond donors (Lipinski definition) is 2. The second kappa shape index (κ2) is 5.58. The monoisotopic (exact) mass is 291 g/mol. The minimum absolute atomic E-state index is 0.0164. The fourth-order valence-corrected chi connectivity index (χ4v) is 3.02. The third-order valence-electron chi connectivity index (χ3n) is 2.37. The smallest absolute Gasteiger partial charge is 0.337 e. The Bertz CT molecular complexity index is 569. The zero-order chi connectivity index (χ0) is 13.9. The lowest BCUT2D eigenvalue weighted by atomic mass is 10.1. The molecular weight excluding hydrogens is 278 g/mol. The van der Waals surface area contributed by atoms with E-state index in [1.54, 1.807) is 6.92 Å². The van der Waals surface area contributed by atoms with Gasteiger partial charge in [0.15, 0.2) is 0 Å². The normalized spacial score (nSPS) is 11.3. The molecule has 1 aromatic carbocycles. The molecule has 5 nitrogen and oxygen atoms in total. The minimum Gasteiger partial charge on any atom is -0.478 e. The highest BCUT2D eigenvalue weighted by Gasteiger charge is 2.18. The van der Waals surface area contributed by atoms with Crippen LogP contribution in [0.15, 0.2) is 12.1 Å². The van der Waals surface area contributed by atoms with E-state index in [2.05, 4.69) is 4.72 Å². The third-order valence-corrected chi connectivity index (χ3v) is 4.16. The van der Waals surface area contributed by atoms with Crippen molar-refractivity contribution in [2.75, 3.05) is 10.5 Å². The molecule has 2 N–H and O–H groups in total. The summed E-state index contributed by atoms with van der Waals surface area (Å²) in [7, 11) is -3.45. The van der Waals surface area contributed by atoms with Crippen LogP contribution in [0.5, 0.6) is 0 Å². The van der Waals surface area contributed by atoms with Crippen molar-refractivity contribution in [1.29, 1.82) is 0 Å². The van der Waals surface area contributed by atoms with Crippen LogP contribution < -0.4 is 4.72 Å². The Balaban J connectivity index is 3.21. The maximum atomic E-state index is 11.6. The average Bonchev–Trinajstić information content (AvgIpc) is 2.21. The van der Waals surface area contributed by atoms with Crippen molar-refractivity contribution < 1.29 is 18.3 Å². The predicted molar refractivity (Wildman–Crippen MR) is 70.8 cm³/mol. The average molecular weight is 292 g/mol. The second-order valence-electron chi connectivity index (χ2n) is 3.82. The Morgan fingerprint density at radius 2 is 2.06 bits per heavy atom. The molecular formula is C11H14ClNO4S. The van der Waals surface area contributed by atoms with Crippen molar-refractivity contribution in [2.45, 2.75) is 20.3 Å². The van der Waals surface area contributed by atoms with E-state index < -0.39 is 16.0 Å². The molecule has 0 radical (unpaired) electrons. The van der Waals surface area contributed by atoms with Gasteiger partial charge in [0.05, 0.1) is 22.0 Å². The van der Waals surface area contributed by atoms with Gasteiger partial charge in [0, 0.05) is 0 Å². The molecule has 1 aromatic rings. The number of halogens is 1. The van der Waals surface area contributed by atoms with Gasteiger partial charge < -0.3 is 5.11 Å². The summed E-state index contributed by atoms with van der Waals surface area (Å²) < 4.78 is 25.6. The molecule has 100 valence electrons. The number of hydrogen-bond acceptors (Lipinski definition) is 3. The van der Waals surface area contributed by atoms with E-state index in [4.69, 9.17) is 16.7 Å². The molecule has 0 spiro atoms. The van der Waals surface area contributed by atoms with E-state index in [9.17, 15) is 13.2 Å². The molecule has 0 atom stereocenters. The van der Waals surface area contributed by atoms with Gasteiger partial charge >= 0.3 is 5.97 Å². The predicted octanol–water partition coefficient (Wildman–Crippen LogP) is 2.50. The zero-order valence-corrected chi connectivity index (χ0v) is 11.6. The van der Waals surface area contributed by atoms with Gasteiger partial charge in [-0.1, -0.05) is 18.5 Å². The van der Waals surface area contributed by atoms with Crippen molar-refractivity contribution in [1.82, 2.24) is 0 Å². The lowest BCUT2D eigenvalue weighted by molar-refractivity contribution is 0.0696. The summed E-state index contributed by atoms with van der Waals surface area (Å²) in [6.45, 7) is 3.26. The van der Waals surface area contributed by atoms with Crippen LogP contribution in [0.3, 0.4) is 0 Å². The number of aromatic carboxylic acids is 1. The summed E-state index contributed by atoms with van der Waals surface area (Å²) in [5.74, 6) is -1.20. The largest absolute Gasteiger partial charge is 0.478 e. The summed E-state index contributed by atoms with van der Waals surface area (Å²) in [4.78, 5) is 11.0. The van der Waals surface area contributed by atoms with E-state index >= 15 is 0 Å². The van der Waals surface area contributed by atoms with Crippen LogP contribution in [0.2, 0.25) is 5.02 Å². The first-order chi connectivity index (χ1) is 8.28. The highest BCUT2D eigenvalue weighted by atomic mass is 35.5.